The van der Waals surface area contributed by atoms with Crippen molar-refractivity contribution >= 4 is 17.3 Å². The molecule has 2 aromatic rings. The van der Waals surface area contributed by atoms with Crippen LogP contribution in [0.5, 0.6) is 5.75 Å². The molecule has 2 heterocycles. The number of aliphatic hydroxyl groups excluding tert-OH is 1. The molecular formula is C15H19ClN4O2. The third-order valence-corrected chi connectivity index (χ3v) is 4.03. The number of likely N-dealkylation sites (tertiary alicyclic amines) is 1. The maximum Gasteiger partial charge on any atom is 0.128 e. The van der Waals surface area contributed by atoms with E-state index in [1.165, 1.54) is 0 Å². The Morgan fingerprint density at radius 1 is 1.45 bits per heavy atom. The number of hydrogen-bond acceptors (Lipinski definition) is 5. The lowest BCUT2D eigenvalue weighted by Crippen LogP contribution is -2.51. The van der Waals surface area contributed by atoms with Crippen LogP contribution >= 0.6 is 11.6 Å². The summed E-state index contributed by atoms with van der Waals surface area (Å²) in [6.45, 7) is 2.75. The number of ether oxygens (including phenoxy) is 1. The van der Waals surface area contributed by atoms with Crippen molar-refractivity contribution in [2.24, 2.45) is 7.05 Å². The van der Waals surface area contributed by atoms with Crippen LogP contribution in [0.2, 0.25) is 5.02 Å². The fourth-order valence-electron chi connectivity index (χ4n) is 2.58. The number of rotatable bonds is 5. The second-order valence-electron chi connectivity index (χ2n) is 5.48. The third-order valence-electron chi connectivity index (χ3n) is 3.76. The van der Waals surface area contributed by atoms with Gasteiger partial charge < -0.3 is 15.6 Å². The van der Waals surface area contributed by atoms with Crippen molar-refractivity contribution in [2.75, 3.05) is 32.0 Å². The van der Waals surface area contributed by atoms with E-state index in [9.17, 15) is 5.11 Å². The van der Waals surface area contributed by atoms with Crippen molar-refractivity contribution in [3.8, 4) is 17.0 Å². The average Bonchev–Trinajstić information content (AvgIpc) is 2.77. The summed E-state index contributed by atoms with van der Waals surface area (Å²) < 4.78 is 7.59. The molecule has 1 aliphatic heterocycles. The number of β-amino-alcohol motifs (C(OH)–C–C–N with tert-alkyl or cyclic N) is 1. The Kier molecular flexibility index (Phi) is 4.24. The van der Waals surface area contributed by atoms with Gasteiger partial charge in [-0.15, -0.1) is 0 Å². The van der Waals surface area contributed by atoms with Gasteiger partial charge in [0.15, 0.2) is 0 Å². The molecule has 0 unspecified atom stereocenters. The Balaban J connectivity index is 1.76. The summed E-state index contributed by atoms with van der Waals surface area (Å²) in [5.41, 5.74) is 8.14. The van der Waals surface area contributed by atoms with Crippen LogP contribution in [0.1, 0.15) is 0 Å². The molecule has 22 heavy (non-hydrogen) atoms. The predicted molar refractivity (Wildman–Crippen MR) is 86.0 cm³/mol. The quantitative estimate of drug-likeness (QED) is 0.813. The molecule has 1 aromatic heterocycles. The zero-order chi connectivity index (χ0) is 15.7. The first-order valence-corrected chi connectivity index (χ1v) is 7.53. The minimum atomic E-state index is -0.194. The summed E-state index contributed by atoms with van der Waals surface area (Å²) in [5, 5.41) is 14.0. The molecule has 1 fully saturated rings. The molecule has 118 valence electrons. The SMILES string of the molecule is Cn1ncc(Cl)c1-c1cc(N)ccc1OCCN1CC(O)C1. The highest BCUT2D eigenvalue weighted by molar-refractivity contribution is 6.33. The van der Waals surface area contributed by atoms with Gasteiger partial charge in [0.2, 0.25) is 0 Å². The molecule has 3 rings (SSSR count). The minimum Gasteiger partial charge on any atom is -0.492 e. The highest BCUT2D eigenvalue weighted by Crippen LogP contribution is 2.35. The number of halogens is 1. The number of hydrogen-bond donors (Lipinski definition) is 2. The molecule has 0 saturated carbocycles. The standard InChI is InChI=1S/C15H19ClN4O2/c1-19-15(13(16)7-18-19)12-6-10(17)2-3-14(12)22-5-4-20-8-11(21)9-20/h2-3,6-7,11,21H,4-5,8-9,17H2,1H3. The van der Waals surface area contributed by atoms with Crippen molar-refractivity contribution < 1.29 is 9.84 Å². The Morgan fingerprint density at radius 3 is 2.86 bits per heavy atom. The lowest BCUT2D eigenvalue weighted by atomic mass is 10.1. The zero-order valence-corrected chi connectivity index (χ0v) is 13.1. The van der Waals surface area contributed by atoms with Gasteiger partial charge in [0.25, 0.3) is 0 Å². The van der Waals surface area contributed by atoms with Crippen LogP contribution in [0.3, 0.4) is 0 Å². The molecule has 1 aliphatic rings. The molecule has 0 aliphatic carbocycles. The Bertz CT molecular complexity index is 648. The van der Waals surface area contributed by atoms with Crippen LogP contribution in [-0.4, -0.2) is 52.1 Å². The Hall–Kier alpha value is -1.76. The van der Waals surface area contributed by atoms with Gasteiger partial charge in [0.05, 0.1) is 23.0 Å². The van der Waals surface area contributed by atoms with Crippen LogP contribution in [0.4, 0.5) is 5.69 Å². The molecule has 1 saturated heterocycles. The van der Waals surface area contributed by atoms with Crippen LogP contribution in [0.15, 0.2) is 24.4 Å². The first kappa shape index (κ1) is 15.1. The summed E-state index contributed by atoms with van der Waals surface area (Å²) in [6, 6.07) is 5.49. The lowest BCUT2D eigenvalue weighted by molar-refractivity contribution is -0.00384. The van der Waals surface area contributed by atoms with Crippen molar-refractivity contribution in [3.05, 3.63) is 29.4 Å². The summed E-state index contributed by atoms with van der Waals surface area (Å²) in [6.07, 6.45) is 1.41. The molecule has 3 N–H and O–H groups in total. The van der Waals surface area contributed by atoms with Gasteiger partial charge in [-0.05, 0) is 18.2 Å². The van der Waals surface area contributed by atoms with E-state index in [-0.39, 0.29) is 6.10 Å². The van der Waals surface area contributed by atoms with Crippen molar-refractivity contribution in [2.45, 2.75) is 6.10 Å². The largest absolute Gasteiger partial charge is 0.492 e. The Morgan fingerprint density at radius 2 is 2.23 bits per heavy atom. The van der Waals surface area contributed by atoms with Crippen LogP contribution in [0, 0.1) is 0 Å². The number of aliphatic hydroxyl groups is 1. The molecule has 0 atom stereocenters. The van der Waals surface area contributed by atoms with E-state index in [0.717, 1.165) is 23.6 Å². The van der Waals surface area contributed by atoms with E-state index in [2.05, 4.69) is 10.00 Å². The third kappa shape index (κ3) is 3.04. The van der Waals surface area contributed by atoms with Gasteiger partial charge >= 0.3 is 0 Å². The highest BCUT2D eigenvalue weighted by Gasteiger charge is 2.23. The van der Waals surface area contributed by atoms with Crippen molar-refractivity contribution in [1.29, 1.82) is 0 Å². The topological polar surface area (TPSA) is 76.5 Å². The maximum atomic E-state index is 9.27. The molecule has 1 aromatic carbocycles. The van der Waals surface area contributed by atoms with Gasteiger partial charge in [-0.2, -0.15) is 5.10 Å². The van der Waals surface area contributed by atoms with Gasteiger partial charge in [0.1, 0.15) is 12.4 Å². The van der Waals surface area contributed by atoms with Crippen LogP contribution in [0.25, 0.3) is 11.3 Å². The molecule has 6 nitrogen and oxygen atoms in total. The first-order chi connectivity index (χ1) is 10.5. The van der Waals surface area contributed by atoms with Gasteiger partial charge in [-0.3, -0.25) is 9.58 Å². The molecule has 0 bridgehead atoms. The molecule has 0 spiro atoms. The van der Waals surface area contributed by atoms with Gasteiger partial charge in [0, 0.05) is 37.9 Å². The molecule has 0 amide bonds. The van der Waals surface area contributed by atoms with E-state index in [1.807, 2.05) is 19.2 Å². The van der Waals surface area contributed by atoms with E-state index in [4.69, 9.17) is 22.1 Å². The lowest BCUT2D eigenvalue weighted by Gasteiger charge is -2.35. The number of aromatic nitrogens is 2. The van der Waals surface area contributed by atoms with Crippen LogP contribution < -0.4 is 10.5 Å². The number of nitrogens with two attached hydrogens (primary N) is 1. The summed E-state index contributed by atoms with van der Waals surface area (Å²) in [4.78, 5) is 2.14. The summed E-state index contributed by atoms with van der Waals surface area (Å²) in [7, 11) is 1.83. The monoisotopic (exact) mass is 322 g/mol. The van der Waals surface area contributed by atoms with Crippen molar-refractivity contribution in [3.63, 3.8) is 0 Å². The van der Waals surface area contributed by atoms with E-state index >= 15 is 0 Å². The smallest absolute Gasteiger partial charge is 0.128 e. The summed E-state index contributed by atoms with van der Waals surface area (Å²) in [5.74, 6) is 0.723. The van der Waals surface area contributed by atoms with Gasteiger partial charge in [-0.25, -0.2) is 0 Å². The predicted octanol–water partition coefficient (Wildman–Crippen LogP) is 1.38. The normalized spacial score (nSPS) is 15.8. The second-order valence-corrected chi connectivity index (χ2v) is 5.89. The number of nitrogens with zero attached hydrogens (tertiary/aromatic N) is 3. The minimum absolute atomic E-state index is 0.194. The second kappa shape index (κ2) is 6.16. The van der Waals surface area contributed by atoms with E-state index in [0.29, 0.717) is 30.4 Å². The maximum absolute atomic E-state index is 9.27. The average molecular weight is 323 g/mol. The van der Waals surface area contributed by atoms with E-state index in [1.54, 1.807) is 16.9 Å². The zero-order valence-electron chi connectivity index (χ0n) is 12.4. The Labute approximate surface area is 134 Å². The molecule has 7 heteroatoms. The summed E-state index contributed by atoms with van der Waals surface area (Å²) >= 11 is 6.22. The fraction of sp³-hybridized carbons (Fsp3) is 0.400. The van der Waals surface area contributed by atoms with E-state index < -0.39 is 0 Å². The van der Waals surface area contributed by atoms with Gasteiger partial charge in [-0.1, -0.05) is 11.6 Å². The first-order valence-electron chi connectivity index (χ1n) is 7.15. The number of anilines is 1. The molecular weight excluding hydrogens is 304 g/mol. The number of benzene rings is 1. The van der Waals surface area contributed by atoms with Crippen molar-refractivity contribution in [1.82, 2.24) is 14.7 Å². The number of nitrogen functional groups attached to an aromatic ring is 1. The molecule has 0 radical (unpaired) electrons. The number of aryl methyl sites for hydroxylation is 1. The highest BCUT2D eigenvalue weighted by atomic mass is 35.5. The van der Waals surface area contributed by atoms with Crippen LogP contribution in [-0.2, 0) is 7.05 Å². The fourth-order valence-corrected chi connectivity index (χ4v) is 2.85.